The molecule has 0 atom stereocenters. The van der Waals surface area contributed by atoms with Crippen LogP contribution in [0.1, 0.15) is 52.4 Å². The molecule has 0 spiro atoms. The zero-order valence-corrected chi connectivity index (χ0v) is 29.2. The zero-order valence-electron chi connectivity index (χ0n) is 29.2. The van der Waals surface area contributed by atoms with Gasteiger partial charge in [-0.05, 0) is 45.7 Å². The van der Waals surface area contributed by atoms with Crippen molar-refractivity contribution in [2.45, 2.75) is 52.4 Å². The fourth-order valence-corrected chi connectivity index (χ4v) is 5.18. The number of amides is 2. The Morgan fingerprint density at radius 2 is 1.16 bits per heavy atom. The molecule has 43 heavy (non-hydrogen) atoms. The van der Waals surface area contributed by atoms with E-state index in [9.17, 15) is 9.59 Å². The van der Waals surface area contributed by atoms with Gasteiger partial charge in [0, 0.05) is 140 Å². The highest BCUT2D eigenvalue weighted by atomic mass is 16.5. The summed E-state index contributed by atoms with van der Waals surface area (Å²) in [6.07, 6.45) is 5.19. The molecule has 0 aliphatic carbocycles. The van der Waals surface area contributed by atoms with Crippen LogP contribution < -0.4 is 5.32 Å². The monoisotopic (exact) mass is 617 g/mol. The maximum absolute atomic E-state index is 12.1. The first-order valence-corrected chi connectivity index (χ1v) is 16.6. The predicted molar refractivity (Wildman–Crippen MR) is 177 cm³/mol. The summed E-state index contributed by atoms with van der Waals surface area (Å²) < 4.78 is 14.2. The zero-order chi connectivity index (χ0) is 32.3. The average Bonchev–Trinajstić information content (AvgIpc) is 3.02. The number of nitrogens with zero attached hydrogens (tertiary/aromatic N) is 5. The summed E-state index contributed by atoms with van der Waals surface area (Å²) in [6, 6.07) is 0. The van der Waals surface area contributed by atoms with Gasteiger partial charge in [-0.3, -0.25) is 14.5 Å². The molecule has 2 amide bonds. The van der Waals surface area contributed by atoms with Crippen LogP contribution in [0.5, 0.6) is 0 Å². The van der Waals surface area contributed by atoms with Gasteiger partial charge in [0.25, 0.3) is 0 Å². The van der Waals surface area contributed by atoms with Crippen LogP contribution in [0.25, 0.3) is 0 Å². The first-order chi connectivity index (χ1) is 20.8. The highest BCUT2D eigenvalue weighted by molar-refractivity contribution is 5.76. The predicted octanol–water partition coefficient (Wildman–Crippen LogP) is 1.96. The van der Waals surface area contributed by atoms with Gasteiger partial charge >= 0.3 is 0 Å². The molecule has 0 aromatic carbocycles. The molecule has 11 nitrogen and oxygen atoms in total. The van der Waals surface area contributed by atoms with Crippen molar-refractivity contribution in [1.29, 1.82) is 0 Å². The van der Waals surface area contributed by atoms with Gasteiger partial charge in [0.1, 0.15) is 0 Å². The maximum atomic E-state index is 12.1. The number of methoxy groups -OCH3 is 3. The van der Waals surface area contributed by atoms with E-state index in [-0.39, 0.29) is 5.91 Å². The summed E-state index contributed by atoms with van der Waals surface area (Å²) in [5, 5.41) is 2.95. The highest BCUT2D eigenvalue weighted by Crippen LogP contribution is 2.20. The Hall–Kier alpha value is -1.34. The third-order valence-corrected chi connectivity index (χ3v) is 7.92. The molecule has 256 valence electrons. The van der Waals surface area contributed by atoms with Gasteiger partial charge in [0.15, 0.2) is 0 Å². The number of rotatable bonds is 13. The van der Waals surface area contributed by atoms with Crippen LogP contribution in [0.3, 0.4) is 0 Å². The average molecular weight is 617 g/mol. The summed E-state index contributed by atoms with van der Waals surface area (Å²) in [5.41, 5.74) is 0. The topological polar surface area (TPSA) is 90.1 Å². The molecular formula is C32H68N6O5. The molecule has 0 aromatic heterocycles. The molecule has 3 aliphatic heterocycles. The third-order valence-electron chi connectivity index (χ3n) is 7.92. The summed E-state index contributed by atoms with van der Waals surface area (Å²) >= 11 is 0. The fraction of sp³-hybridized carbons (Fsp3) is 0.938. The molecule has 3 fully saturated rings. The number of carbonyl (C=O) groups is 2. The second kappa shape index (κ2) is 28.2. The van der Waals surface area contributed by atoms with Crippen molar-refractivity contribution in [1.82, 2.24) is 29.8 Å². The van der Waals surface area contributed by atoms with E-state index in [0.717, 1.165) is 71.1 Å². The molecule has 0 saturated carbocycles. The van der Waals surface area contributed by atoms with Gasteiger partial charge in [0.2, 0.25) is 11.8 Å². The largest absolute Gasteiger partial charge is 0.388 e. The third kappa shape index (κ3) is 21.9. The van der Waals surface area contributed by atoms with Crippen LogP contribution in [-0.4, -0.2) is 177 Å². The minimum atomic E-state index is 0.135. The Kier molecular flexibility index (Phi) is 27.3. The number of likely N-dealkylation sites (tertiary alicyclic amines) is 1. The molecule has 0 bridgehead atoms. The first kappa shape index (κ1) is 41.7. The Bertz CT molecular complexity index is 650. The molecule has 3 heterocycles. The van der Waals surface area contributed by atoms with Gasteiger partial charge in [-0.1, -0.05) is 13.8 Å². The molecule has 11 heteroatoms. The van der Waals surface area contributed by atoms with Crippen LogP contribution in [0.2, 0.25) is 0 Å². The normalized spacial score (nSPS) is 18.8. The van der Waals surface area contributed by atoms with Crippen molar-refractivity contribution in [2.75, 3.05) is 141 Å². The smallest absolute Gasteiger partial charge is 0.222 e. The molecule has 3 rings (SSSR count). The lowest BCUT2D eigenvalue weighted by Crippen LogP contribution is -2.48. The molecule has 0 aromatic rings. The number of piperazine rings is 2. The minimum Gasteiger partial charge on any atom is -0.388 e. The second-order valence-electron chi connectivity index (χ2n) is 11.5. The van der Waals surface area contributed by atoms with Gasteiger partial charge in [-0.25, -0.2) is 0 Å². The number of hydrogen-bond donors (Lipinski definition) is 1. The van der Waals surface area contributed by atoms with Crippen LogP contribution in [0.15, 0.2) is 0 Å². The second-order valence-corrected chi connectivity index (χ2v) is 11.5. The van der Waals surface area contributed by atoms with Crippen molar-refractivity contribution in [2.24, 2.45) is 5.92 Å². The first-order valence-electron chi connectivity index (χ1n) is 16.6. The van der Waals surface area contributed by atoms with Crippen molar-refractivity contribution in [3.63, 3.8) is 0 Å². The Balaban J connectivity index is 0.000000726. The van der Waals surface area contributed by atoms with E-state index in [1.54, 1.807) is 28.4 Å². The molecule has 0 unspecified atom stereocenters. The van der Waals surface area contributed by atoms with Crippen LogP contribution in [-0.2, 0) is 23.8 Å². The SMILES string of the molecule is CC.COC.COCCCC(=O)N1CCC(CN2CCN(C)CC2)CC1.COCCCC(=O)NCCN1CCN(C)CC1. The van der Waals surface area contributed by atoms with Gasteiger partial charge in [-0.15, -0.1) is 0 Å². The van der Waals surface area contributed by atoms with Crippen molar-refractivity contribution in [3.8, 4) is 0 Å². The molecule has 3 saturated heterocycles. The van der Waals surface area contributed by atoms with Crippen molar-refractivity contribution < 1.29 is 23.8 Å². The number of carbonyl (C=O) groups excluding carboxylic acids is 2. The lowest BCUT2D eigenvalue weighted by atomic mass is 9.95. The number of hydrogen-bond acceptors (Lipinski definition) is 9. The Morgan fingerprint density at radius 1 is 0.698 bits per heavy atom. The Labute approximate surface area is 264 Å². The van der Waals surface area contributed by atoms with E-state index in [1.807, 2.05) is 13.8 Å². The van der Waals surface area contributed by atoms with Gasteiger partial charge in [-0.2, -0.15) is 0 Å². The standard InChI is InChI=1S/C16H31N3O2.C12H25N3O2.C2H6O.C2H6/c1-17-9-11-18(12-10-17)14-15-5-7-19(8-6-15)16(20)4-3-13-21-2;1-14-7-9-15(10-8-14)6-5-13-12(16)4-3-11-17-2;1-3-2;1-2/h15H,3-14H2,1-2H3;3-11H2,1-2H3,(H,13,16);1-2H3;1-2H3. The summed E-state index contributed by atoms with van der Waals surface area (Å²) in [7, 11) is 10.9. The van der Waals surface area contributed by atoms with E-state index in [0.29, 0.717) is 32.0 Å². The van der Waals surface area contributed by atoms with Crippen LogP contribution in [0.4, 0.5) is 0 Å². The molecule has 1 N–H and O–H groups in total. The van der Waals surface area contributed by atoms with Crippen molar-refractivity contribution >= 4 is 11.8 Å². The number of ether oxygens (including phenoxy) is 3. The fourth-order valence-electron chi connectivity index (χ4n) is 5.18. The van der Waals surface area contributed by atoms with E-state index in [1.165, 1.54) is 45.6 Å². The summed E-state index contributed by atoms with van der Waals surface area (Å²) in [6.45, 7) is 19.4. The molecule has 3 aliphatic rings. The van der Waals surface area contributed by atoms with Crippen LogP contribution in [0, 0.1) is 5.92 Å². The van der Waals surface area contributed by atoms with Crippen LogP contribution >= 0.6 is 0 Å². The maximum Gasteiger partial charge on any atom is 0.222 e. The van der Waals surface area contributed by atoms with E-state index >= 15 is 0 Å². The van der Waals surface area contributed by atoms with Gasteiger partial charge < -0.3 is 39.1 Å². The van der Waals surface area contributed by atoms with E-state index < -0.39 is 0 Å². The quantitative estimate of drug-likeness (QED) is 0.312. The van der Waals surface area contributed by atoms with Crippen molar-refractivity contribution in [3.05, 3.63) is 0 Å². The summed E-state index contributed by atoms with van der Waals surface area (Å²) in [4.78, 5) is 35.3. The molecular weight excluding hydrogens is 548 g/mol. The minimum absolute atomic E-state index is 0.135. The summed E-state index contributed by atoms with van der Waals surface area (Å²) in [5.74, 6) is 1.22. The Morgan fingerprint density at radius 3 is 1.65 bits per heavy atom. The number of piperidine rings is 1. The van der Waals surface area contributed by atoms with E-state index in [4.69, 9.17) is 9.47 Å². The molecule has 0 radical (unpaired) electrons. The van der Waals surface area contributed by atoms with Gasteiger partial charge in [0.05, 0.1) is 0 Å². The highest BCUT2D eigenvalue weighted by Gasteiger charge is 2.25. The lowest BCUT2D eigenvalue weighted by molar-refractivity contribution is -0.133. The number of nitrogens with one attached hydrogen (secondary N) is 1. The lowest BCUT2D eigenvalue weighted by Gasteiger charge is -2.38. The number of likely N-dealkylation sites (N-methyl/N-ethyl adjacent to an activating group) is 2. The van der Waals surface area contributed by atoms with E-state index in [2.05, 4.69) is 48.6 Å².